The Bertz CT molecular complexity index is 467. The second kappa shape index (κ2) is 6.48. The Morgan fingerprint density at radius 3 is 2.57 bits per heavy atom. The number of rotatable bonds is 2. The van der Waals surface area contributed by atoms with Crippen LogP contribution in [0.4, 0.5) is 4.79 Å². The summed E-state index contributed by atoms with van der Waals surface area (Å²) in [5, 5.41) is 0. The van der Waals surface area contributed by atoms with Crippen molar-refractivity contribution in [3.63, 3.8) is 0 Å². The van der Waals surface area contributed by atoms with Crippen molar-refractivity contribution in [1.29, 1.82) is 0 Å². The molecule has 1 aliphatic heterocycles. The Morgan fingerprint density at radius 2 is 1.95 bits per heavy atom. The number of nitrogens with zero attached hydrogens (tertiary/aromatic N) is 1. The average molecular weight is 290 g/mol. The van der Waals surface area contributed by atoms with Crippen molar-refractivity contribution >= 4 is 6.09 Å². The number of benzene rings is 1. The Hall–Kier alpha value is -1.55. The molecule has 2 N–H and O–H groups in total. The standard InChI is InChI=1S/C17H26N2O2/c1-17(2,3)21-16(20)19-12-8-7-11-14(19)15(18)13-9-5-4-6-10-13/h4-6,9-10,14-15H,7-8,11-12,18H2,1-3H3/t14-,15+/m0/s1. The van der Waals surface area contributed by atoms with Crippen LogP contribution < -0.4 is 5.73 Å². The maximum absolute atomic E-state index is 12.4. The highest BCUT2D eigenvalue weighted by molar-refractivity contribution is 5.69. The van der Waals surface area contributed by atoms with E-state index in [1.807, 2.05) is 56.0 Å². The van der Waals surface area contributed by atoms with Crippen molar-refractivity contribution in [3.8, 4) is 0 Å². The van der Waals surface area contributed by atoms with Gasteiger partial charge in [-0.25, -0.2) is 4.79 Å². The van der Waals surface area contributed by atoms with Gasteiger partial charge in [-0.3, -0.25) is 0 Å². The van der Waals surface area contributed by atoms with E-state index in [0.717, 1.165) is 31.4 Å². The minimum atomic E-state index is -0.476. The van der Waals surface area contributed by atoms with Crippen LogP contribution in [0, 0.1) is 0 Å². The van der Waals surface area contributed by atoms with E-state index in [-0.39, 0.29) is 18.2 Å². The van der Waals surface area contributed by atoms with E-state index in [9.17, 15) is 4.79 Å². The number of carbonyl (C=O) groups is 1. The van der Waals surface area contributed by atoms with Gasteiger partial charge in [0.25, 0.3) is 0 Å². The van der Waals surface area contributed by atoms with Crippen molar-refractivity contribution in [1.82, 2.24) is 4.90 Å². The summed E-state index contributed by atoms with van der Waals surface area (Å²) in [6, 6.07) is 9.82. The fourth-order valence-corrected chi connectivity index (χ4v) is 2.78. The van der Waals surface area contributed by atoms with Gasteiger partial charge in [0, 0.05) is 6.54 Å². The Kier molecular flexibility index (Phi) is 4.88. The van der Waals surface area contributed by atoms with Gasteiger partial charge in [0.05, 0.1) is 12.1 Å². The van der Waals surface area contributed by atoms with Crippen LogP contribution in [-0.2, 0) is 4.74 Å². The summed E-state index contributed by atoms with van der Waals surface area (Å²) in [5.74, 6) is 0. The van der Waals surface area contributed by atoms with Gasteiger partial charge in [0.15, 0.2) is 0 Å². The van der Waals surface area contributed by atoms with E-state index in [0.29, 0.717) is 0 Å². The fourth-order valence-electron chi connectivity index (χ4n) is 2.78. The predicted molar refractivity (Wildman–Crippen MR) is 83.9 cm³/mol. The average Bonchev–Trinajstić information content (AvgIpc) is 2.45. The van der Waals surface area contributed by atoms with Crippen molar-refractivity contribution in [3.05, 3.63) is 35.9 Å². The first-order valence-corrected chi connectivity index (χ1v) is 7.68. The third-order valence-electron chi connectivity index (χ3n) is 3.78. The van der Waals surface area contributed by atoms with Gasteiger partial charge in [0.2, 0.25) is 0 Å². The monoisotopic (exact) mass is 290 g/mol. The van der Waals surface area contributed by atoms with E-state index in [4.69, 9.17) is 10.5 Å². The van der Waals surface area contributed by atoms with Crippen LogP contribution in [0.1, 0.15) is 51.6 Å². The van der Waals surface area contributed by atoms with Crippen LogP contribution in [0.5, 0.6) is 0 Å². The number of amides is 1. The second-order valence-corrected chi connectivity index (χ2v) is 6.67. The van der Waals surface area contributed by atoms with Gasteiger partial charge in [-0.05, 0) is 45.6 Å². The lowest BCUT2D eigenvalue weighted by atomic mass is 9.92. The molecule has 0 unspecified atom stereocenters. The molecule has 1 aromatic carbocycles. The van der Waals surface area contributed by atoms with E-state index in [1.165, 1.54) is 0 Å². The molecule has 0 radical (unpaired) electrons. The van der Waals surface area contributed by atoms with Gasteiger partial charge in [-0.1, -0.05) is 30.3 Å². The molecular weight excluding hydrogens is 264 g/mol. The molecule has 1 aromatic rings. The lowest BCUT2D eigenvalue weighted by Gasteiger charge is -2.39. The van der Waals surface area contributed by atoms with Crippen LogP contribution in [0.2, 0.25) is 0 Å². The number of likely N-dealkylation sites (tertiary alicyclic amines) is 1. The molecule has 1 amide bonds. The molecule has 4 nitrogen and oxygen atoms in total. The number of hydrogen-bond acceptors (Lipinski definition) is 3. The van der Waals surface area contributed by atoms with Crippen LogP contribution in [0.15, 0.2) is 30.3 Å². The number of ether oxygens (including phenoxy) is 1. The van der Waals surface area contributed by atoms with Crippen molar-refractivity contribution in [2.45, 2.75) is 57.7 Å². The molecule has 0 spiro atoms. The zero-order chi connectivity index (χ0) is 15.5. The molecular formula is C17H26N2O2. The number of piperidine rings is 1. The minimum Gasteiger partial charge on any atom is -0.444 e. The second-order valence-electron chi connectivity index (χ2n) is 6.67. The highest BCUT2D eigenvalue weighted by Crippen LogP contribution is 2.28. The zero-order valence-corrected chi connectivity index (χ0v) is 13.2. The number of nitrogens with two attached hydrogens (primary N) is 1. The third kappa shape index (κ3) is 4.21. The van der Waals surface area contributed by atoms with Crippen LogP contribution >= 0.6 is 0 Å². The topological polar surface area (TPSA) is 55.6 Å². The predicted octanol–water partition coefficient (Wildman–Crippen LogP) is 3.48. The zero-order valence-electron chi connectivity index (χ0n) is 13.2. The number of hydrogen-bond donors (Lipinski definition) is 1. The first-order valence-electron chi connectivity index (χ1n) is 7.68. The summed E-state index contributed by atoms with van der Waals surface area (Å²) in [7, 11) is 0. The quantitative estimate of drug-likeness (QED) is 0.907. The lowest BCUT2D eigenvalue weighted by molar-refractivity contribution is 0.00649. The molecule has 0 aromatic heterocycles. The molecule has 0 bridgehead atoms. The van der Waals surface area contributed by atoms with Crippen molar-refractivity contribution in [2.75, 3.05) is 6.54 Å². The Morgan fingerprint density at radius 1 is 1.29 bits per heavy atom. The van der Waals surface area contributed by atoms with E-state index < -0.39 is 5.60 Å². The van der Waals surface area contributed by atoms with Crippen LogP contribution in [-0.4, -0.2) is 29.2 Å². The maximum Gasteiger partial charge on any atom is 0.410 e. The maximum atomic E-state index is 12.4. The summed E-state index contributed by atoms with van der Waals surface area (Å²) in [5.41, 5.74) is 7.00. The third-order valence-corrected chi connectivity index (χ3v) is 3.78. The SMILES string of the molecule is CC(C)(C)OC(=O)N1CCCC[C@H]1[C@H](N)c1ccccc1. The fraction of sp³-hybridized carbons (Fsp3) is 0.588. The van der Waals surface area contributed by atoms with Gasteiger partial charge in [0.1, 0.15) is 5.60 Å². The normalized spacial score (nSPS) is 21.0. The van der Waals surface area contributed by atoms with Crippen LogP contribution in [0.3, 0.4) is 0 Å². The van der Waals surface area contributed by atoms with E-state index in [2.05, 4.69) is 0 Å². The van der Waals surface area contributed by atoms with Crippen LogP contribution in [0.25, 0.3) is 0 Å². The molecule has 116 valence electrons. The molecule has 4 heteroatoms. The molecule has 0 saturated carbocycles. The van der Waals surface area contributed by atoms with Crippen molar-refractivity contribution in [2.24, 2.45) is 5.73 Å². The molecule has 2 atom stereocenters. The van der Waals surface area contributed by atoms with Gasteiger partial charge in [-0.15, -0.1) is 0 Å². The van der Waals surface area contributed by atoms with Gasteiger partial charge < -0.3 is 15.4 Å². The smallest absolute Gasteiger partial charge is 0.410 e. The summed E-state index contributed by atoms with van der Waals surface area (Å²) in [6.07, 6.45) is 2.79. The summed E-state index contributed by atoms with van der Waals surface area (Å²) >= 11 is 0. The highest BCUT2D eigenvalue weighted by atomic mass is 16.6. The minimum absolute atomic E-state index is 0.0102. The van der Waals surface area contributed by atoms with E-state index in [1.54, 1.807) is 0 Å². The molecule has 0 aliphatic carbocycles. The molecule has 1 heterocycles. The molecule has 1 saturated heterocycles. The molecule has 1 fully saturated rings. The first kappa shape index (κ1) is 15.8. The summed E-state index contributed by atoms with van der Waals surface area (Å²) < 4.78 is 5.52. The lowest BCUT2D eigenvalue weighted by Crippen LogP contribution is -2.50. The Labute approximate surface area is 127 Å². The van der Waals surface area contributed by atoms with Crippen molar-refractivity contribution < 1.29 is 9.53 Å². The molecule has 2 rings (SSSR count). The summed E-state index contributed by atoms with van der Waals surface area (Å²) in [6.45, 7) is 6.39. The molecule has 1 aliphatic rings. The van der Waals surface area contributed by atoms with Gasteiger partial charge >= 0.3 is 6.09 Å². The van der Waals surface area contributed by atoms with Gasteiger partial charge in [-0.2, -0.15) is 0 Å². The highest BCUT2D eigenvalue weighted by Gasteiger charge is 2.34. The molecule has 21 heavy (non-hydrogen) atoms. The Balaban J connectivity index is 2.13. The van der Waals surface area contributed by atoms with E-state index >= 15 is 0 Å². The first-order chi connectivity index (χ1) is 9.88. The number of carbonyl (C=O) groups excluding carboxylic acids is 1. The summed E-state index contributed by atoms with van der Waals surface area (Å²) in [4.78, 5) is 14.2. The largest absolute Gasteiger partial charge is 0.444 e.